The summed E-state index contributed by atoms with van der Waals surface area (Å²) in [5.41, 5.74) is 0.227. The van der Waals surface area contributed by atoms with E-state index in [4.69, 9.17) is 14.6 Å². The Bertz CT molecular complexity index is 548. The zero-order valence-electron chi connectivity index (χ0n) is 14.8. The second kappa shape index (κ2) is 8.30. The lowest BCUT2D eigenvalue weighted by Crippen LogP contribution is -2.52. The molecular formula is C20H29NO4. The summed E-state index contributed by atoms with van der Waals surface area (Å²) in [5, 5.41) is 12.3. The molecule has 1 heterocycles. The number of rotatable bonds is 7. The van der Waals surface area contributed by atoms with E-state index >= 15 is 0 Å². The van der Waals surface area contributed by atoms with Gasteiger partial charge < -0.3 is 19.9 Å². The average molecular weight is 347 g/mol. The molecule has 0 spiro atoms. The maximum absolute atomic E-state index is 13.2. The van der Waals surface area contributed by atoms with Crippen LogP contribution in [0, 0.1) is 0 Å². The van der Waals surface area contributed by atoms with Gasteiger partial charge in [-0.2, -0.15) is 0 Å². The third-order valence-electron chi connectivity index (χ3n) is 5.69. The normalized spacial score (nSPS) is 21.8. The number of benzene rings is 1. The monoisotopic (exact) mass is 347 g/mol. The number of carbonyl (C=O) groups excluding carboxylic acids is 1. The summed E-state index contributed by atoms with van der Waals surface area (Å²) in [6.45, 7) is 2.07. The molecule has 2 N–H and O–H groups in total. The molecule has 0 unspecified atom stereocenters. The molecule has 0 atom stereocenters. The number of carbonyl (C=O) groups is 1. The zero-order valence-corrected chi connectivity index (χ0v) is 14.8. The van der Waals surface area contributed by atoms with Crippen LogP contribution >= 0.6 is 0 Å². The van der Waals surface area contributed by atoms with Crippen molar-refractivity contribution in [3.05, 3.63) is 35.9 Å². The van der Waals surface area contributed by atoms with E-state index in [2.05, 4.69) is 5.32 Å². The molecule has 5 nitrogen and oxygen atoms in total. The molecule has 0 bridgehead atoms. The maximum Gasteiger partial charge on any atom is 0.230 e. The van der Waals surface area contributed by atoms with Gasteiger partial charge in [-0.1, -0.05) is 43.2 Å². The molecule has 0 aromatic heterocycles. The molecule has 138 valence electrons. The Labute approximate surface area is 149 Å². The SMILES string of the molecule is O=C(NCC1(OCCO)CCCC1)C1(c2ccccc2)CCOCC1. The molecule has 0 radical (unpaired) electrons. The molecule has 5 heteroatoms. The van der Waals surface area contributed by atoms with Gasteiger partial charge in [0.25, 0.3) is 0 Å². The Morgan fingerprint density at radius 2 is 1.80 bits per heavy atom. The first-order valence-corrected chi connectivity index (χ1v) is 9.37. The molecule has 1 saturated heterocycles. The molecule has 1 aliphatic heterocycles. The first kappa shape index (κ1) is 18.4. The molecule has 1 aromatic rings. The largest absolute Gasteiger partial charge is 0.394 e. The first-order chi connectivity index (χ1) is 12.2. The highest BCUT2D eigenvalue weighted by molar-refractivity contribution is 5.88. The summed E-state index contributed by atoms with van der Waals surface area (Å²) >= 11 is 0. The minimum Gasteiger partial charge on any atom is -0.394 e. The van der Waals surface area contributed by atoms with Crippen LogP contribution in [0.5, 0.6) is 0 Å². The minimum atomic E-state index is -0.518. The van der Waals surface area contributed by atoms with E-state index < -0.39 is 5.41 Å². The fourth-order valence-corrected chi connectivity index (χ4v) is 4.19. The predicted octanol–water partition coefficient (Wildman–Crippen LogP) is 2.17. The van der Waals surface area contributed by atoms with Crippen molar-refractivity contribution in [3.8, 4) is 0 Å². The number of ether oxygens (including phenoxy) is 2. The first-order valence-electron chi connectivity index (χ1n) is 9.37. The van der Waals surface area contributed by atoms with Gasteiger partial charge >= 0.3 is 0 Å². The van der Waals surface area contributed by atoms with Crippen molar-refractivity contribution in [2.75, 3.05) is 33.0 Å². The van der Waals surface area contributed by atoms with Crippen LogP contribution in [0.2, 0.25) is 0 Å². The fourth-order valence-electron chi connectivity index (χ4n) is 4.19. The topological polar surface area (TPSA) is 67.8 Å². The van der Waals surface area contributed by atoms with E-state index in [1.807, 2.05) is 30.3 Å². The molecule has 1 saturated carbocycles. The van der Waals surface area contributed by atoms with Crippen LogP contribution in [-0.2, 0) is 19.7 Å². The van der Waals surface area contributed by atoms with Crippen LogP contribution in [0.25, 0.3) is 0 Å². The number of hydrogen-bond acceptors (Lipinski definition) is 4. The van der Waals surface area contributed by atoms with Crippen LogP contribution in [-0.4, -0.2) is 49.6 Å². The van der Waals surface area contributed by atoms with Crippen molar-refractivity contribution in [2.24, 2.45) is 0 Å². The Morgan fingerprint density at radius 1 is 1.12 bits per heavy atom. The van der Waals surface area contributed by atoms with Gasteiger partial charge in [-0.05, 0) is 31.2 Å². The molecule has 2 fully saturated rings. The lowest BCUT2D eigenvalue weighted by Gasteiger charge is -2.38. The van der Waals surface area contributed by atoms with Gasteiger partial charge in [0.15, 0.2) is 0 Å². The van der Waals surface area contributed by atoms with Gasteiger partial charge in [-0.25, -0.2) is 0 Å². The highest BCUT2D eigenvalue weighted by atomic mass is 16.5. The summed E-state index contributed by atoms with van der Waals surface area (Å²) in [7, 11) is 0. The van der Waals surface area contributed by atoms with Crippen molar-refractivity contribution in [1.29, 1.82) is 0 Å². The van der Waals surface area contributed by atoms with E-state index in [-0.39, 0.29) is 18.1 Å². The van der Waals surface area contributed by atoms with Crippen LogP contribution in [0.4, 0.5) is 0 Å². The fraction of sp³-hybridized carbons (Fsp3) is 0.650. The van der Waals surface area contributed by atoms with E-state index in [9.17, 15) is 4.79 Å². The van der Waals surface area contributed by atoms with E-state index in [0.717, 1.165) is 31.2 Å². The van der Waals surface area contributed by atoms with Crippen LogP contribution in [0.1, 0.15) is 44.1 Å². The second-order valence-corrected chi connectivity index (χ2v) is 7.21. The van der Waals surface area contributed by atoms with Crippen molar-refractivity contribution in [2.45, 2.75) is 49.5 Å². The van der Waals surface area contributed by atoms with Crippen LogP contribution in [0.15, 0.2) is 30.3 Å². The molecule has 25 heavy (non-hydrogen) atoms. The van der Waals surface area contributed by atoms with E-state index in [1.54, 1.807) is 0 Å². The molecule has 1 aliphatic carbocycles. The number of aliphatic hydroxyl groups is 1. The van der Waals surface area contributed by atoms with Crippen molar-refractivity contribution >= 4 is 5.91 Å². The summed E-state index contributed by atoms with van der Waals surface area (Å²) in [5.74, 6) is 0.0703. The lowest BCUT2D eigenvalue weighted by atomic mass is 9.73. The summed E-state index contributed by atoms with van der Waals surface area (Å²) < 4.78 is 11.4. The number of hydrogen-bond donors (Lipinski definition) is 2. The van der Waals surface area contributed by atoms with E-state index in [0.29, 0.717) is 39.2 Å². The molecular weight excluding hydrogens is 318 g/mol. The third-order valence-corrected chi connectivity index (χ3v) is 5.69. The van der Waals surface area contributed by atoms with E-state index in [1.165, 1.54) is 0 Å². The number of aliphatic hydroxyl groups excluding tert-OH is 1. The second-order valence-electron chi connectivity index (χ2n) is 7.21. The molecule has 1 amide bonds. The summed E-state index contributed by atoms with van der Waals surface area (Å²) in [4.78, 5) is 13.2. The van der Waals surface area contributed by atoms with Gasteiger partial charge in [0, 0.05) is 19.8 Å². The summed E-state index contributed by atoms with van der Waals surface area (Å²) in [6, 6.07) is 10.0. The van der Waals surface area contributed by atoms with Crippen molar-refractivity contribution < 1.29 is 19.4 Å². The minimum absolute atomic E-state index is 0.0149. The van der Waals surface area contributed by atoms with Crippen LogP contribution < -0.4 is 5.32 Å². The van der Waals surface area contributed by atoms with Crippen molar-refractivity contribution in [1.82, 2.24) is 5.32 Å². The Balaban J connectivity index is 1.72. The Hall–Kier alpha value is -1.43. The standard InChI is InChI=1S/C20H29NO4/c22-12-15-25-19(8-4-5-9-19)16-21-18(23)20(10-13-24-14-11-20)17-6-2-1-3-7-17/h1-3,6-7,22H,4-5,8-16H2,(H,21,23). The highest BCUT2D eigenvalue weighted by Crippen LogP contribution is 2.36. The number of nitrogens with one attached hydrogen (secondary N) is 1. The lowest BCUT2D eigenvalue weighted by molar-refractivity contribution is -0.132. The van der Waals surface area contributed by atoms with Gasteiger partial charge in [0.05, 0.1) is 24.2 Å². The van der Waals surface area contributed by atoms with Crippen LogP contribution in [0.3, 0.4) is 0 Å². The smallest absolute Gasteiger partial charge is 0.230 e. The quantitative estimate of drug-likeness (QED) is 0.793. The highest BCUT2D eigenvalue weighted by Gasteiger charge is 2.43. The predicted molar refractivity (Wildman–Crippen MR) is 95.4 cm³/mol. The summed E-state index contributed by atoms with van der Waals surface area (Å²) in [6.07, 6.45) is 5.50. The molecule has 3 rings (SSSR count). The molecule has 2 aliphatic rings. The Morgan fingerprint density at radius 3 is 2.44 bits per heavy atom. The van der Waals surface area contributed by atoms with Crippen molar-refractivity contribution in [3.63, 3.8) is 0 Å². The van der Waals surface area contributed by atoms with Gasteiger partial charge in [0.2, 0.25) is 5.91 Å². The average Bonchev–Trinajstić information content (AvgIpc) is 3.15. The Kier molecular flexibility index (Phi) is 6.10. The third kappa shape index (κ3) is 4.05. The van der Waals surface area contributed by atoms with Gasteiger partial charge in [-0.15, -0.1) is 0 Å². The maximum atomic E-state index is 13.2. The van der Waals surface area contributed by atoms with Gasteiger partial charge in [-0.3, -0.25) is 4.79 Å². The van der Waals surface area contributed by atoms with Gasteiger partial charge in [0.1, 0.15) is 0 Å². The zero-order chi connectivity index (χ0) is 17.6. The molecule has 1 aromatic carbocycles. The number of amides is 1.